The lowest BCUT2D eigenvalue weighted by Gasteiger charge is -2.11. The molecule has 2 aromatic rings. The second-order valence-corrected chi connectivity index (χ2v) is 5.80. The standard InChI is InChI=1S/C15H16ClN5O/c1-8-5-18-11(6-17-8)7-19-15-12(16)13(9(2)22)20-14(21-15)10-3-4-10/h5-6,10H,3-4,7H2,1-2H3,(H,19,20,21). The fraction of sp³-hybridized carbons (Fsp3) is 0.400. The van der Waals surface area contributed by atoms with Crippen molar-refractivity contribution in [3.05, 3.63) is 40.3 Å². The number of nitrogens with one attached hydrogen (secondary N) is 1. The molecule has 0 aliphatic heterocycles. The van der Waals surface area contributed by atoms with Crippen molar-refractivity contribution in [2.75, 3.05) is 5.32 Å². The Labute approximate surface area is 133 Å². The summed E-state index contributed by atoms with van der Waals surface area (Å²) in [6.45, 7) is 3.78. The van der Waals surface area contributed by atoms with Gasteiger partial charge in [-0.25, -0.2) is 9.97 Å². The molecule has 0 atom stereocenters. The second-order valence-electron chi connectivity index (χ2n) is 5.43. The van der Waals surface area contributed by atoms with Gasteiger partial charge in [-0.05, 0) is 19.8 Å². The third-order valence-electron chi connectivity index (χ3n) is 3.42. The number of halogens is 1. The predicted molar refractivity (Wildman–Crippen MR) is 83.1 cm³/mol. The number of hydrogen-bond acceptors (Lipinski definition) is 6. The first kappa shape index (κ1) is 14.8. The first-order valence-electron chi connectivity index (χ1n) is 7.14. The molecule has 1 fully saturated rings. The maximum absolute atomic E-state index is 11.7. The summed E-state index contributed by atoms with van der Waals surface area (Å²) in [5.74, 6) is 1.35. The minimum Gasteiger partial charge on any atom is -0.363 e. The van der Waals surface area contributed by atoms with Crippen LogP contribution >= 0.6 is 11.6 Å². The van der Waals surface area contributed by atoms with Gasteiger partial charge in [0.1, 0.15) is 22.4 Å². The average molecular weight is 318 g/mol. The number of Topliss-reactive ketones (excluding diaryl/α,β-unsaturated/α-hetero) is 1. The number of hydrogen-bond donors (Lipinski definition) is 1. The molecule has 114 valence electrons. The van der Waals surface area contributed by atoms with Crippen molar-refractivity contribution in [1.82, 2.24) is 19.9 Å². The SMILES string of the molecule is CC(=O)c1nc(C2CC2)nc(NCc2cnc(C)cn2)c1Cl. The summed E-state index contributed by atoms with van der Waals surface area (Å²) in [4.78, 5) is 28.9. The first-order valence-corrected chi connectivity index (χ1v) is 7.52. The van der Waals surface area contributed by atoms with Crippen LogP contribution in [0.3, 0.4) is 0 Å². The van der Waals surface area contributed by atoms with Gasteiger partial charge in [0.2, 0.25) is 0 Å². The van der Waals surface area contributed by atoms with Crippen LogP contribution in [0.15, 0.2) is 12.4 Å². The van der Waals surface area contributed by atoms with E-state index in [1.54, 1.807) is 12.4 Å². The average Bonchev–Trinajstić information content (AvgIpc) is 3.32. The van der Waals surface area contributed by atoms with E-state index in [0.717, 1.165) is 24.2 Å². The molecule has 1 aliphatic carbocycles. The minimum atomic E-state index is -0.160. The second kappa shape index (κ2) is 5.96. The molecule has 1 aliphatic rings. The molecule has 6 nitrogen and oxygen atoms in total. The molecule has 0 aromatic carbocycles. The highest BCUT2D eigenvalue weighted by Gasteiger charge is 2.29. The Morgan fingerprint density at radius 3 is 2.68 bits per heavy atom. The zero-order valence-corrected chi connectivity index (χ0v) is 13.2. The number of aryl methyl sites for hydroxylation is 1. The molecule has 0 bridgehead atoms. The monoisotopic (exact) mass is 317 g/mol. The molecule has 0 unspecified atom stereocenters. The lowest BCUT2D eigenvalue weighted by molar-refractivity contribution is 0.101. The van der Waals surface area contributed by atoms with E-state index in [0.29, 0.717) is 24.1 Å². The van der Waals surface area contributed by atoms with E-state index in [1.807, 2.05) is 6.92 Å². The van der Waals surface area contributed by atoms with Crippen LogP contribution in [-0.2, 0) is 6.54 Å². The number of ketones is 1. The molecule has 1 saturated carbocycles. The summed E-state index contributed by atoms with van der Waals surface area (Å²) in [6.07, 6.45) is 5.52. The molecular formula is C15H16ClN5O. The summed E-state index contributed by atoms with van der Waals surface area (Å²) < 4.78 is 0. The van der Waals surface area contributed by atoms with E-state index in [4.69, 9.17) is 11.6 Å². The number of anilines is 1. The van der Waals surface area contributed by atoms with Crippen LogP contribution in [0.25, 0.3) is 0 Å². The van der Waals surface area contributed by atoms with E-state index in [2.05, 4.69) is 25.3 Å². The Morgan fingerprint density at radius 2 is 2.09 bits per heavy atom. The van der Waals surface area contributed by atoms with Crippen molar-refractivity contribution in [1.29, 1.82) is 0 Å². The number of carbonyl (C=O) groups is 1. The summed E-state index contributed by atoms with van der Waals surface area (Å²) in [7, 11) is 0. The van der Waals surface area contributed by atoms with E-state index >= 15 is 0 Å². The van der Waals surface area contributed by atoms with Gasteiger partial charge in [-0.15, -0.1) is 0 Å². The van der Waals surface area contributed by atoms with Gasteiger partial charge in [0.05, 0.1) is 24.1 Å². The third kappa shape index (κ3) is 3.22. The highest BCUT2D eigenvalue weighted by Crippen LogP contribution is 2.39. The van der Waals surface area contributed by atoms with Gasteiger partial charge >= 0.3 is 0 Å². The summed E-state index contributed by atoms with van der Waals surface area (Å²) in [5.41, 5.74) is 1.91. The first-order chi connectivity index (χ1) is 10.5. The van der Waals surface area contributed by atoms with Gasteiger partial charge in [-0.3, -0.25) is 14.8 Å². The molecule has 7 heteroatoms. The van der Waals surface area contributed by atoms with Gasteiger partial charge < -0.3 is 5.32 Å². The zero-order chi connectivity index (χ0) is 15.7. The van der Waals surface area contributed by atoms with Crippen LogP contribution < -0.4 is 5.32 Å². The van der Waals surface area contributed by atoms with E-state index in [9.17, 15) is 4.79 Å². The Morgan fingerprint density at radius 1 is 1.32 bits per heavy atom. The predicted octanol–water partition coefficient (Wildman–Crippen LogP) is 2.92. The minimum absolute atomic E-state index is 0.160. The lowest BCUT2D eigenvalue weighted by atomic mass is 10.2. The molecule has 0 radical (unpaired) electrons. The molecular weight excluding hydrogens is 302 g/mol. The Kier molecular flexibility index (Phi) is 4.02. The maximum Gasteiger partial charge on any atom is 0.179 e. The molecule has 0 amide bonds. The number of carbonyl (C=O) groups excluding carboxylic acids is 1. The molecule has 0 spiro atoms. The van der Waals surface area contributed by atoms with Crippen molar-refractivity contribution < 1.29 is 4.79 Å². The van der Waals surface area contributed by atoms with Gasteiger partial charge in [-0.2, -0.15) is 0 Å². The summed E-state index contributed by atoms with van der Waals surface area (Å²) >= 11 is 6.25. The summed E-state index contributed by atoms with van der Waals surface area (Å²) in [5, 5.41) is 3.39. The molecule has 3 rings (SSSR count). The van der Waals surface area contributed by atoms with Gasteiger partial charge in [-0.1, -0.05) is 11.6 Å². The van der Waals surface area contributed by atoms with Crippen LogP contribution in [-0.4, -0.2) is 25.7 Å². The Bertz CT molecular complexity index is 713. The number of aromatic nitrogens is 4. The normalized spacial score (nSPS) is 14.0. The Balaban J connectivity index is 1.85. The molecule has 0 saturated heterocycles. The fourth-order valence-electron chi connectivity index (χ4n) is 2.02. The van der Waals surface area contributed by atoms with Crippen molar-refractivity contribution in [2.45, 2.75) is 39.2 Å². The molecule has 2 aromatic heterocycles. The molecule has 2 heterocycles. The highest BCUT2D eigenvalue weighted by atomic mass is 35.5. The van der Waals surface area contributed by atoms with Crippen LogP contribution in [0.5, 0.6) is 0 Å². The third-order valence-corrected chi connectivity index (χ3v) is 3.77. The van der Waals surface area contributed by atoms with Crippen LogP contribution in [0, 0.1) is 6.92 Å². The smallest absolute Gasteiger partial charge is 0.179 e. The van der Waals surface area contributed by atoms with Crippen LogP contribution in [0.2, 0.25) is 5.02 Å². The van der Waals surface area contributed by atoms with Crippen LogP contribution in [0.4, 0.5) is 5.82 Å². The summed E-state index contributed by atoms with van der Waals surface area (Å²) in [6, 6.07) is 0. The van der Waals surface area contributed by atoms with Crippen molar-refractivity contribution in [3.63, 3.8) is 0 Å². The zero-order valence-electron chi connectivity index (χ0n) is 12.4. The molecule has 22 heavy (non-hydrogen) atoms. The quantitative estimate of drug-likeness (QED) is 0.854. The maximum atomic E-state index is 11.7. The highest BCUT2D eigenvalue weighted by molar-refractivity contribution is 6.35. The van der Waals surface area contributed by atoms with E-state index in [-0.39, 0.29) is 16.5 Å². The lowest BCUT2D eigenvalue weighted by Crippen LogP contribution is -2.10. The van der Waals surface area contributed by atoms with E-state index < -0.39 is 0 Å². The number of nitrogens with zero attached hydrogens (tertiary/aromatic N) is 4. The number of rotatable bonds is 5. The van der Waals surface area contributed by atoms with Crippen molar-refractivity contribution in [2.24, 2.45) is 0 Å². The topological polar surface area (TPSA) is 80.7 Å². The van der Waals surface area contributed by atoms with E-state index in [1.165, 1.54) is 6.92 Å². The fourth-order valence-corrected chi connectivity index (χ4v) is 2.31. The van der Waals surface area contributed by atoms with Crippen LogP contribution in [0.1, 0.15) is 53.4 Å². The van der Waals surface area contributed by atoms with Crippen molar-refractivity contribution in [3.8, 4) is 0 Å². The Hall–Kier alpha value is -2.08. The van der Waals surface area contributed by atoms with Gasteiger partial charge in [0, 0.05) is 19.0 Å². The van der Waals surface area contributed by atoms with Crippen molar-refractivity contribution >= 4 is 23.2 Å². The largest absolute Gasteiger partial charge is 0.363 e. The van der Waals surface area contributed by atoms with Gasteiger partial charge in [0.15, 0.2) is 5.78 Å². The van der Waals surface area contributed by atoms with Gasteiger partial charge in [0.25, 0.3) is 0 Å². The molecule has 1 N–H and O–H groups in total.